The first-order valence-corrected chi connectivity index (χ1v) is 10.0. The molecule has 0 fully saturated rings. The van der Waals surface area contributed by atoms with Gasteiger partial charge in [-0.25, -0.2) is 4.98 Å². The van der Waals surface area contributed by atoms with Crippen LogP contribution in [-0.2, 0) is 9.53 Å². The number of benzene rings is 1. The molecule has 2 aliphatic rings. The minimum Gasteiger partial charge on any atom is -0.469 e. The van der Waals surface area contributed by atoms with Crippen LogP contribution in [0, 0.1) is 6.92 Å². The van der Waals surface area contributed by atoms with Gasteiger partial charge in [-0.2, -0.15) is 0 Å². The van der Waals surface area contributed by atoms with Crippen LogP contribution in [0.25, 0.3) is 5.69 Å². The van der Waals surface area contributed by atoms with Crippen LogP contribution in [-0.4, -0.2) is 40.6 Å². The predicted molar refractivity (Wildman–Crippen MR) is 113 cm³/mol. The first kappa shape index (κ1) is 18.8. The Morgan fingerprint density at radius 3 is 3.00 bits per heavy atom. The van der Waals surface area contributed by atoms with E-state index in [4.69, 9.17) is 9.73 Å². The third-order valence-corrected chi connectivity index (χ3v) is 5.54. The molecule has 0 aliphatic carbocycles. The zero-order valence-electron chi connectivity index (χ0n) is 15.8. The molecule has 0 amide bonds. The molecule has 144 valence electrons. The Hall–Kier alpha value is -2.54. The molecule has 4 rings (SSSR count). The zero-order chi connectivity index (χ0) is 19.7. The molecule has 0 radical (unpaired) electrons. The number of ether oxygens (including phenoxy) is 1. The lowest BCUT2D eigenvalue weighted by molar-refractivity contribution is -0.140. The Morgan fingerprint density at radius 1 is 1.39 bits per heavy atom. The number of halogens is 1. The van der Waals surface area contributed by atoms with Crippen LogP contribution in [0.2, 0.25) is 0 Å². The maximum Gasteiger partial charge on any atom is 0.305 e. The minimum absolute atomic E-state index is 0.0522. The lowest BCUT2D eigenvalue weighted by Gasteiger charge is -2.18. The van der Waals surface area contributed by atoms with Crippen LogP contribution < -0.4 is 0 Å². The number of carbonyl (C=O) groups is 1. The number of hydrogen-bond donors (Lipinski definition) is 0. The largest absolute Gasteiger partial charge is 0.469 e. The SMILES string of the molecule is COC(=O)CC[C@@H]1N=C(C2CC=CC=N2)c2cc(Br)ccc2-n2c(C)cnc21. The van der Waals surface area contributed by atoms with E-state index in [1.54, 1.807) is 0 Å². The van der Waals surface area contributed by atoms with Crippen LogP contribution in [0.15, 0.2) is 51.0 Å². The molecule has 0 spiro atoms. The standard InChI is InChI=1S/C21H21BrN4O2/c1-13-12-24-21-17(7-9-19(27)28-2)25-20(16-5-3-4-10-23-16)15-11-14(22)6-8-18(15)26(13)21/h3-4,6,8,10-12,16-17H,5,7,9H2,1-2H3/t16?,17-/m0/s1. The Kier molecular flexibility index (Phi) is 5.26. The van der Waals surface area contributed by atoms with Crippen molar-refractivity contribution in [1.29, 1.82) is 0 Å². The van der Waals surface area contributed by atoms with Crippen LogP contribution in [0.4, 0.5) is 0 Å². The van der Waals surface area contributed by atoms with Crippen molar-refractivity contribution >= 4 is 33.8 Å². The van der Waals surface area contributed by atoms with Crippen molar-refractivity contribution in [2.45, 2.75) is 38.3 Å². The third-order valence-electron chi connectivity index (χ3n) is 5.05. The van der Waals surface area contributed by atoms with E-state index in [-0.39, 0.29) is 24.5 Å². The number of fused-ring (bicyclic) bond motifs is 3. The van der Waals surface area contributed by atoms with E-state index in [1.807, 2.05) is 31.5 Å². The van der Waals surface area contributed by atoms with E-state index >= 15 is 0 Å². The molecule has 2 aromatic rings. The maximum absolute atomic E-state index is 11.8. The van der Waals surface area contributed by atoms with Crippen molar-refractivity contribution in [3.05, 3.63) is 58.1 Å². The summed E-state index contributed by atoms with van der Waals surface area (Å²) < 4.78 is 7.96. The molecule has 6 nitrogen and oxygen atoms in total. The summed E-state index contributed by atoms with van der Waals surface area (Å²) >= 11 is 3.60. The van der Waals surface area contributed by atoms with Crippen molar-refractivity contribution in [2.24, 2.45) is 9.98 Å². The quantitative estimate of drug-likeness (QED) is 0.670. The second kappa shape index (κ2) is 7.83. The second-order valence-electron chi connectivity index (χ2n) is 6.88. The van der Waals surface area contributed by atoms with Gasteiger partial charge in [0.15, 0.2) is 0 Å². The van der Waals surface area contributed by atoms with Crippen LogP contribution in [0.1, 0.15) is 42.4 Å². The van der Waals surface area contributed by atoms with E-state index < -0.39 is 0 Å². The van der Waals surface area contributed by atoms with Gasteiger partial charge in [0.05, 0.1) is 24.6 Å². The molecule has 28 heavy (non-hydrogen) atoms. The Bertz CT molecular complexity index is 1010. The van der Waals surface area contributed by atoms with Gasteiger partial charge in [-0.15, -0.1) is 0 Å². The molecule has 0 saturated heterocycles. The molecule has 1 aromatic carbocycles. The molecular formula is C21H21BrN4O2. The third kappa shape index (κ3) is 3.46. The van der Waals surface area contributed by atoms with Crippen molar-refractivity contribution in [3.63, 3.8) is 0 Å². The number of nitrogens with zero attached hydrogens (tertiary/aromatic N) is 4. The van der Waals surface area contributed by atoms with Gasteiger partial charge in [-0.05, 0) is 44.0 Å². The van der Waals surface area contributed by atoms with Crippen LogP contribution >= 0.6 is 15.9 Å². The molecule has 1 unspecified atom stereocenters. The molecule has 0 saturated carbocycles. The fourth-order valence-electron chi connectivity index (χ4n) is 3.69. The number of allylic oxidation sites excluding steroid dienone is 1. The van der Waals surface area contributed by atoms with E-state index in [9.17, 15) is 4.79 Å². The van der Waals surface area contributed by atoms with Crippen molar-refractivity contribution in [1.82, 2.24) is 9.55 Å². The van der Waals surface area contributed by atoms with Gasteiger partial charge in [0.2, 0.25) is 0 Å². The Morgan fingerprint density at radius 2 is 2.25 bits per heavy atom. The molecule has 1 aromatic heterocycles. The van der Waals surface area contributed by atoms with Crippen LogP contribution in [0.3, 0.4) is 0 Å². The second-order valence-corrected chi connectivity index (χ2v) is 7.79. The summed E-state index contributed by atoms with van der Waals surface area (Å²) in [5, 5.41) is 0. The highest BCUT2D eigenvalue weighted by molar-refractivity contribution is 9.10. The summed E-state index contributed by atoms with van der Waals surface area (Å²) in [6.45, 7) is 2.03. The predicted octanol–water partition coefficient (Wildman–Crippen LogP) is 4.14. The van der Waals surface area contributed by atoms with Crippen LogP contribution in [0.5, 0.6) is 0 Å². The lowest BCUT2D eigenvalue weighted by Crippen LogP contribution is -2.22. The molecule has 7 heteroatoms. The lowest BCUT2D eigenvalue weighted by atomic mass is 9.97. The number of hydrogen-bond acceptors (Lipinski definition) is 5. The topological polar surface area (TPSA) is 68.8 Å². The van der Waals surface area contributed by atoms with Gasteiger partial charge in [-0.3, -0.25) is 19.3 Å². The van der Waals surface area contributed by atoms with Crippen molar-refractivity contribution in [3.8, 4) is 5.69 Å². The molecule has 2 atom stereocenters. The van der Waals surface area contributed by atoms with Crippen molar-refractivity contribution < 1.29 is 9.53 Å². The van der Waals surface area contributed by atoms with Gasteiger partial charge in [0.1, 0.15) is 11.9 Å². The fraction of sp³-hybridized carbons (Fsp3) is 0.333. The van der Waals surface area contributed by atoms with Crippen molar-refractivity contribution in [2.75, 3.05) is 7.11 Å². The molecule has 3 heterocycles. The van der Waals surface area contributed by atoms with E-state index in [1.165, 1.54) is 7.11 Å². The maximum atomic E-state index is 11.8. The smallest absolute Gasteiger partial charge is 0.305 e. The zero-order valence-corrected chi connectivity index (χ0v) is 17.4. The average molecular weight is 441 g/mol. The minimum atomic E-state index is -0.241. The number of aromatic nitrogens is 2. The summed E-state index contributed by atoms with van der Waals surface area (Å²) in [4.78, 5) is 26.2. The molecule has 0 bridgehead atoms. The highest BCUT2D eigenvalue weighted by atomic mass is 79.9. The van der Waals surface area contributed by atoms with E-state index in [0.717, 1.165) is 39.4 Å². The number of methoxy groups -OCH3 is 1. The van der Waals surface area contributed by atoms with E-state index in [2.05, 4.69) is 48.7 Å². The Balaban J connectivity index is 1.87. The number of carbonyl (C=O) groups excluding carboxylic acids is 1. The monoisotopic (exact) mass is 440 g/mol. The number of aryl methyl sites for hydroxylation is 1. The van der Waals surface area contributed by atoms with E-state index in [0.29, 0.717) is 6.42 Å². The van der Waals surface area contributed by atoms with Gasteiger partial charge in [0, 0.05) is 34.6 Å². The van der Waals surface area contributed by atoms with Gasteiger partial charge < -0.3 is 4.74 Å². The normalized spacial score (nSPS) is 20.2. The van der Waals surface area contributed by atoms with Gasteiger partial charge in [0.25, 0.3) is 0 Å². The fourth-order valence-corrected chi connectivity index (χ4v) is 4.05. The molecular weight excluding hydrogens is 420 g/mol. The average Bonchev–Trinajstić information content (AvgIpc) is 3.03. The molecule has 0 N–H and O–H groups in total. The molecule has 2 aliphatic heterocycles. The number of imidazole rings is 1. The number of esters is 1. The summed E-state index contributed by atoms with van der Waals surface area (Å²) in [5.74, 6) is 0.602. The van der Waals surface area contributed by atoms with Gasteiger partial charge >= 0.3 is 5.97 Å². The number of dihydropyridines is 1. The number of aliphatic imine (C=N–C) groups is 2. The number of rotatable bonds is 4. The summed E-state index contributed by atoms with van der Waals surface area (Å²) in [6, 6.07) is 5.91. The Labute approximate surface area is 172 Å². The summed E-state index contributed by atoms with van der Waals surface area (Å²) in [5.41, 5.74) is 4.04. The highest BCUT2D eigenvalue weighted by Gasteiger charge is 2.30. The first-order chi connectivity index (χ1) is 13.6. The summed E-state index contributed by atoms with van der Waals surface area (Å²) in [7, 11) is 1.41. The summed E-state index contributed by atoms with van der Waals surface area (Å²) in [6.07, 6.45) is 9.37. The first-order valence-electron chi connectivity index (χ1n) is 9.26. The van der Waals surface area contributed by atoms with Gasteiger partial charge in [-0.1, -0.05) is 22.0 Å². The highest BCUT2D eigenvalue weighted by Crippen LogP contribution is 2.35.